The molecular formula is C21H11I. The zero-order chi connectivity index (χ0) is 14.2. The van der Waals surface area contributed by atoms with Gasteiger partial charge in [-0.1, -0.05) is 24.3 Å². The molecule has 0 amide bonds. The molecule has 0 bridgehead atoms. The van der Waals surface area contributed by atoms with Crippen molar-refractivity contribution in [2.75, 3.05) is 0 Å². The van der Waals surface area contributed by atoms with Crippen molar-refractivity contribution in [3.63, 3.8) is 0 Å². The molecule has 1 heteroatoms. The van der Waals surface area contributed by atoms with Crippen LogP contribution in [0.4, 0.5) is 0 Å². The van der Waals surface area contributed by atoms with Crippen LogP contribution in [0.1, 0.15) is 33.4 Å². The second kappa shape index (κ2) is 3.18. The molecule has 22 heavy (non-hydrogen) atoms. The molecular weight excluding hydrogens is 379 g/mol. The Bertz CT molecular complexity index is 1210. The van der Waals surface area contributed by atoms with Crippen LogP contribution in [0.25, 0.3) is 32.3 Å². The van der Waals surface area contributed by atoms with E-state index in [-0.39, 0.29) is 0 Å². The fourth-order valence-corrected chi connectivity index (χ4v) is 6.16. The largest absolute Gasteiger partial charge is 0.0578 e. The van der Waals surface area contributed by atoms with Gasteiger partial charge >= 0.3 is 0 Å². The summed E-state index contributed by atoms with van der Waals surface area (Å²) in [5.74, 6) is 0. The first-order valence-electron chi connectivity index (χ1n) is 7.96. The zero-order valence-corrected chi connectivity index (χ0v) is 14.0. The van der Waals surface area contributed by atoms with E-state index < -0.39 is 0 Å². The maximum Gasteiger partial charge on any atom is 0.0175 e. The predicted molar refractivity (Wildman–Crippen MR) is 100 cm³/mol. The second-order valence-corrected chi connectivity index (χ2v) is 8.21. The number of rotatable bonds is 0. The highest BCUT2D eigenvalue weighted by molar-refractivity contribution is 14.1. The highest BCUT2D eigenvalue weighted by Gasteiger charge is 2.31. The van der Waals surface area contributed by atoms with Crippen LogP contribution in [0.3, 0.4) is 0 Å². The lowest BCUT2D eigenvalue weighted by Gasteiger charge is -2.09. The molecule has 0 nitrogen and oxygen atoms in total. The normalized spacial score (nSPS) is 15.9. The first-order valence-corrected chi connectivity index (χ1v) is 9.04. The topological polar surface area (TPSA) is 0 Å². The van der Waals surface area contributed by atoms with E-state index in [0.29, 0.717) is 0 Å². The van der Waals surface area contributed by atoms with Crippen LogP contribution in [0.5, 0.6) is 0 Å². The van der Waals surface area contributed by atoms with E-state index in [1.54, 1.807) is 65.7 Å². The first kappa shape index (κ1) is 11.0. The van der Waals surface area contributed by atoms with E-state index in [1.165, 1.54) is 3.57 Å². The first-order chi connectivity index (χ1) is 10.8. The SMILES string of the molecule is Ic1cc2c3c4c(ccc5c4c4c(ccc6c4c3c1C6)C5)C2. The fraction of sp³-hybridized carbons (Fsp3) is 0.143. The smallest absolute Gasteiger partial charge is 0.0175 e. The molecule has 0 atom stereocenters. The standard InChI is InChI=1S/C21H11I/c22-15-8-13-6-11-2-1-9-5-10-3-4-12-7-14(15)21-19(12)17(10)16(9)18(11)20(13)21/h1-4,8H,5-7H2. The van der Waals surface area contributed by atoms with E-state index in [1.807, 2.05) is 0 Å². The maximum absolute atomic E-state index is 2.55. The lowest BCUT2D eigenvalue weighted by Crippen LogP contribution is -1.89. The van der Waals surface area contributed by atoms with Gasteiger partial charge in [-0.25, -0.2) is 0 Å². The van der Waals surface area contributed by atoms with Crippen LogP contribution in [0.15, 0.2) is 30.3 Å². The highest BCUT2D eigenvalue weighted by atomic mass is 127. The molecule has 102 valence electrons. The van der Waals surface area contributed by atoms with Crippen LogP contribution in [0.2, 0.25) is 0 Å². The molecule has 0 fully saturated rings. The molecule has 0 radical (unpaired) electrons. The van der Waals surface area contributed by atoms with Crippen LogP contribution >= 0.6 is 22.6 Å². The molecule has 0 aliphatic heterocycles. The van der Waals surface area contributed by atoms with Gasteiger partial charge in [-0.3, -0.25) is 0 Å². The van der Waals surface area contributed by atoms with Crippen molar-refractivity contribution in [2.45, 2.75) is 19.3 Å². The van der Waals surface area contributed by atoms with Gasteiger partial charge in [0.05, 0.1) is 0 Å². The van der Waals surface area contributed by atoms with Gasteiger partial charge in [0.25, 0.3) is 0 Å². The van der Waals surface area contributed by atoms with Crippen LogP contribution in [-0.4, -0.2) is 0 Å². The fourth-order valence-electron chi connectivity index (χ4n) is 5.33. The Hall–Kier alpha value is -1.61. The minimum atomic E-state index is 1.12. The van der Waals surface area contributed by atoms with Crippen molar-refractivity contribution in [3.05, 3.63) is 67.3 Å². The van der Waals surface area contributed by atoms with Gasteiger partial charge in [-0.15, -0.1) is 0 Å². The monoisotopic (exact) mass is 390 g/mol. The van der Waals surface area contributed by atoms with Gasteiger partial charge in [0, 0.05) is 3.57 Å². The summed E-state index contributed by atoms with van der Waals surface area (Å²) in [6, 6.07) is 12.0. The molecule has 3 aliphatic carbocycles. The molecule has 0 heterocycles. The average Bonchev–Trinajstić information content (AvgIpc) is 3.15. The summed E-state index contributed by atoms with van der Waals surface area (Å²) in [4.78, 5) is 0. The van der Waals surface area contributed by atoms with Crippen molar-refractivity contribution in [2.24, 2.45) is 0 Å². The molecule has 4 aromatic carbocycles. The molecule has 0 N–H and O–H groups in total. The summed E-state index contributed by atoms with van der Waals surface area (Å²) in [6.07, 6.45) is 3.38. The Morgan fingerprint density at radius 3 is 1.64 bits per heavy atom. The summed E-state index contributed by atoms with van der Waals surface area (Å²) in [6.45, 7) is 0. The van der Waals surface area contributed by atoms with Gasteiger partial charge in [-0.05, 0) is 114 Å². The lowest BCUT2D eigenvalue weighted by molar-refractivity contribution is 1.23. The van der Waals surface area contributed by atoms with Gasteiger partial charge < -0.3 is 0 Å². The quantitative estimate of drug-likeness (QED) is 0.238. The number of halogens is 1. The van der Waals surface area contributed by atoms with Crippen molar-refractivity contribution < 1.29 is 0 Å². The summed E-state index contributed by atoms with van der Waals surface area (Å²) in [7, 11) is 0. The van der Waals surface area contributed by atoms with Gasteiger partial charge in [-0.2, -0.15) is 0 Å². The van der Waals surface area contributed by atoms with E-state index in [2.05, 4.69) is 52.9 Å². The molecule has 0 saturated carbocycles. The van der Waals surface area contributed by atoms with Crippen LogP contribution < -0.4 is 0 Å². The van der Waals surface area contributed by atoms with Crippen molar-refractivity contribution >= 4 is 54.9 Å². The summed E-state index contributed by atoms with van der Waals surface area (Å²) in [5.41, 5.74) is 9.34. The second-order valence-electron chi connectivity index (χ2n) is 7.04. The number of hydrogen-bond donors (Lipinski definition) is 0. The highest BCUT2D eigenvalue weighted by Crippen LogP contribution is 2.53. The molecule has 0 aromatic heterocycles. The summed E-state index contributed by atoms with van der Waals surface area (Å²) < 4.78 is 1.46. The van der Waals surface area contributed by atoms with E-state index in [0.717, 1.165) is 19.3 Å². The molecule has 0 saturated heterocycles. The van der Waals surface area contributed by atoms with Gasteiger partial charge in [0.2, 0.25) is 0 Å². The van der Waals surface area contributed by atoms with Crippen LogP contribution in [0, 0.1) is 3.57 Å². The zero-order valence-electron chi connectivity index (χ0n) is 11.9. The maximum atomic E-state index is 2.55. The third-order valence-corrected chi connectivity index (χ3v) is 7.06. The molecule has 7 rings (SSSR count). The summed E-state index contributed by atoms with van der Waals surface area (Å²) in [5, 5.41) is 9.54. The Morgan fingerprint density at radius 1 is 0.545 bits per heavy atom. The Kier molecular flexibility index (Phi) is 1.59. The van der Waals surface area contributed by atoms with E-state index >= 15 is 0 Å². The van der Waals surface area contributed by atoms with Gasteiger partial charge in [0.15, 0.2) is 0 Å². The third kappa shape index (κ3) is 0.953. The Balaban J connectivity index is 2.01. The van der Waals surface area contributed by atoms with E-state index in [9.17, 15) is 0 Å². The minimum absolute atomic E-state index is 1.12. The number of benzene rings is 4. The lowest BCUT2D eigenvalue weighted by atomic mass is 9.94. The van der Waals surface area contributed by atoms with Crippen LogP contribution in [-0.2, 0) is 19.3 Å². The summed E-state index contributed by atoms with van der Waals surface area (Å²) >= 11 is 2.55. The van der Waals surface area contributed by atoms with E-state index in [4.69, 9.17) is 0 Å². The minimum Gasteiger partial charge on any atom is -0.0578 e. The predicted octanol–water partition coefficient (Wildman–Crippen LogP) is 5.46. The molecule has 0 unspecified atom stereocenters. The van der Waals surface area contributed by atoms with Gasteiger partial charge in [0.1, 0.15) is 0 Å². The Labute approximate surface area is 141 Å². The molecule has 0 spiro atoms. The van der Waals surface area contributed by atoms with Crippen molar-refractivity contribution in [3.8, 4) is 0 Å². The Morgan fingerprint density at radius 2 is 1.00 bits per heavy atom. The molecule has 3 aliphatic rings. The van der Waals surface area contributed by atoms with Crippen molar-refractivity contribution in [1.82, 2.24) is 0 Å². The number of hydrogen-bond acceptors (Lipinski definition) is 0. The molecule has 4 aromatic rings. The average molecular weight is 390 g/mol. The van der Waals surface area contributed by atoms with Crippen molar-refractivity contribution in [1.29, 1.82) is 0 Å². The third-order valence-electron chi connectivity index (χ3n) is 6.10.